The van der Waals surface area contributed by atoms with E-state index in [1.165, 1.54) is 0 Å². The molecule has 0 radical (unpaired) electrons. The second-order valence-corrected chi connectivity index (χ2v) is 3.10. The zero-order valence-electron chi connectivity index (χ0n) is 8.78. The Morgan fingerprint density at radius 1 is 1.20 bits per heavy atom. The molecule has 0 fully saturated rings. The van der Waals surface area contributed by atoms with Crippen molar-refractivity contribution in [2.75, 3.05) is 0 Å². The van der Waals surface area contributed by atoms with Crippen molar-refractivity contribution in [3.8, 4) is 0 Å². The van der Waals surface area contributed by atoms with Gasteiger partial charge in [0.1, 0.15) is 0 Å². The zero-order valence-corrected chi connectivity index (χ0v) is 9.89. The number of hydrogen-bond acceptors (Lipinski definition) is 1. The molecule has 1 nitrogen and oxygen atoms in total. The average molecular weight is 244 g/mol. The van der Waals surface area contributed by atoms with Crippen LogP contribution in [-0.2, 0) is 17.1 Å². The summed E-state index contributed by atoms with van der Waals surface area (Å²) in [4.78, 5) is 0. The first-order valence-electron chi connectivity index (χ1n) is 4.91. The maximum absolute atomic E-state index is 9.22. The van der Waals surface area contributed by atoms with Crippen LogP contribution < -0.4 is 0 Å². The summed E-state index contributed by atoms with van der Waals surface area (Å²) in [5.74, 6) is 0. The molecule has 0 saturated heterocycles. The van der Waals surface area contributed by atoms with E-state index in [0.717, 1.165) is 12.0 Å². The van der Waals surface area contributed by atoms with Crippen LogP contribution >= 0.6 is 0 Å². The fourth-order valence-corrected chi connectivity index (χ4v) is 1.17. The van der Waals surface area contributed by atoms with Crippen LogP contribution in [-0.4, -0.2) is 5.11 Å². The Morgan fingerprint density at radius 3 is 2.20 bits per heavy atom. The van der Waals surface area contributed by atoms with Gasteiger partial charge in [0, 0.05) is 0 Å². The molecule has 0 bridgehead atoms. The SMILES string of the molecule is CC[C@@H](O)c1ccc[cH-]1.[Fe+2].c1cc[cH-]c1. The minimum Gasteiger partial charge on any atom is -0.391 e. The summed E-state index contributed by atoms with van der Waals surface area (Å²) in [5.41, 5.74) is 1.03. The van der Waals surface area contributed by atoms with Gasteiger partial charge in [-0.1, -0.05) is 6.92 Å². The van der Waals surface area contributed by atoms with Crippen molar-refractivity contribution in [2.45, 2.75) is 19.4 Å². The third kappa shape index (κ3) is 5.58. The molecular formula is C13H16FeO. The smallest absolute Gasteiger partial charge is 0.391 e. The molecule has 15 heavy (non-hydrogen) atoms. The van der Waals surface area contributed by atoms with Crippen LogP contribution in [0.1, 0.15) is 25.0 Å². The molecular weight excluding hydrogens is 228 g/mol. The van der Waals surface area contributed by atoms with E-state index in [1.54, 1.807) is 0 Å². The fraction of sp³-hybridized carbons (Fsp3) is 0.231. The number of aliphatic hydroxyl groups excluding tert-OH is 1. The summed E-state index contributed by atoms with van der Waals surface area (Å²) in [6.07, 6.45) is 0.532. The molecule has 2 aromatic rings. The molecule has 0 unspecified atom stereocenters. The van der Waals surface area contributed by atoms with Crippen LogP contribution in [0.3, 0.4) is 0 Å². The number of hydrogen-bond donors (Lipinski definition) is 1. The largest absolute Gasteiger partial charge is 2.00 e. The Morgan fingerprint density at radius 2 is 1.87 bits per heavy atom. The van der Waals surface area contributed by atoms with Crippen molar-refractivity contribution >= 4 is 0 Å². The van der Waals surface area contributed by atoms with Crippen molar-refractivity contribution < 1.29 is 22.2 Å². The Hall–Kier alpha value is -0.821. The standard InChI is InChI=1S/C8H11O.C5H5.Fe/c1-2-8(9)7-5-3-4-6-7;1-2-4-5-3-1;/h3-6,8-9H,2H2,1H3;1-5H;/q2*-1;+2/t8-;;/m1../s1. The summed E-state index contributed by atoms with van der Waals surface area (Å²) >= 11 is 0. The van der Waals surface area contributed by atoms with Crippen LogP contribution in [0.5, 0.6) is 0 Å². The average Bonchev–Trinajstić information content (AvgIpc) is 2.91. The van der Waals surface area contributed by atoms with Crippen molar-refractivity contribution in [3.63, 3.8) is 0 Å². The van der Waals surface area contributed by atoms with Crippen molar-refractivity contribution in [1.29, 1.82) is 0 Å². The second-order valence-electron chi connectivity index (χ2n) is 3.10. The van der Waals surface area contributed by atoms with Crippen LogP contribution in [0.15, 0.2) is 54.6 Å². The van der Waals surface area contributed by atoms with Gasteiger partial charge in [-0.05, 0) is 6.42 Å². The van der Waals surface area contributed by atoms with E-state index in [9.17, 15) is 5.11 Å². The van der Waals surface area contributed by atoms with Crippen LogP contribution in [0, 0.1) is 0 Å². The van der Waals surface area contributed by atoms with E-state index in [-0.39, 0.29) is 23.2 Å². The van der Waals surface area contributed by atoms with Gasteiger partial charge in [-0.15, -0.1) is 5.56 Å². The van der Waals surface area contributed by atoms with Crippen LogP contribution in [0.4, 0.5) is 0 Å². The molecule has 0 saturated carbocycles. The van der Waals surface area contributed by atoms with E-state index in [1.807, 2.05) is 61.5 Å². The van der Waals surface area contributed by atoms with Gasteiger partial charge in [0.25, 0.3) is 0 Å². The molecule has 2 rings (SSSR count). The molecule has 82 valence electrons. The molecule has 0 aromatic heterocycles. The molecule has 0 aliphatic carbocycles. The minimum absolute atomic E-state index is 0. The second kappa shape index (κ2) is 8.48. The van der Waals surface area contributed by atoms with E-state index < -0.39 is 0 Å². The van der Waals surface area contributed by atoms with Crippen molar-refractivity contribution in [2.24, 2.45) is 0 Å². The summed E-state index contributed by atoms with van der Waals surface area (Å²) in [5, 5.41) is 9.22. The first-order valence-corrected chi connectivity index (χ1v) is 4.91. The first kappa shape index (κ1) is 14.2. The van der Waals surface area contributed by atoms with E-state index in [2.05, 4.69) is 0 Å². The van der Waals surface area contributed by atoms with Crippen LogP contribution in [0.2, 0.25) is 0 Å². The van der Waals surface area contributed by atoms with Gasteiger partial charge in [-0.3, -0.25) is 0 Å². The third-order valence-corrected chi connectivity index (χ3v) is 2.02. The van der Waals surface area contributed by atoms with Crippen molar-refractivity contribution in [1.82, 2.24) is 0 Å². The summed E-state index contributed by atoms with van der Waals surface area (Å²) < 4.78 is 0. The first-order chi connectivity index (χ1) is 6.84. The molecule has 0 spiro atoms. The van der Waals surface area contributed by atoms with E-state index >= 15 is 0 Å². The molecule has 0 aliphatic rings. The van der Waals surface area contributed by atoms with Gasteiger partial charge in [0.15, 0.2) is 0 Å². The van der Waals surface area contributed by atoms with Crippen molar-refractivity contribution in [3.05, 3.63) is 60.2 Å². The molecule has 1 atom stereocenters. The molecule has 0 amide bonds. The third-order valence-electron chi connectivity index (χ3n) is 2.02. The fourth-order valence-electron chi connectivity index (χ4n) is 1.17. The number of rotatable bonds is 2. The summed E-state index contributed by atoms with van der Waals surface area (Å²) in [6.45, 7) is 1.97. The topological polar surface area (TPSA) is 20.2 Å². The van der Waals surface area contributed by atoms with E-state index in [4.69, 9.17) is 0 Å². The molecule has 1 N–H and O–H groups in total. The molecule has 2 heteroatoms. The quantitative estimate of drug-likeness (QED) is 0.635. The normalized spacial score (nSPS) is 10.8. The summed E-state index contributed by atoms with van der Waals surface area (Å²) in [7, 11) is 0. The molecule has 2 aromatic carbocycles. The maximum atomic E-state index is 9.22. The molecule has 0 heterocycles. The Labute approximate surface area is 102 Å². The van der Waals surface area contributed by atoms with Gasteiger partial charge in [0.2, 0.25) is 0 Å². The Balaban J connectivity index is 0.000000280. The van der Waals surface area contributed by atoms with E-state index in [0.29, 0.717) is 0 Å². The predicted molar refractivity (Wildman–Crippen MR) is 59.3 cm³/mol. The van der Waals surface area contributed by atoms with Gasteiger partial charge in [-0.2, -0.15) is 30.3 Å². The predicted octanol–water partition coefficient (Wildman–Crippen LogP) is 3.25. The van der Waals surface area contributed by atoms with Gasteiger partial charge in [-0.25, -0.2) is 24.3 Å². The monoisotopic (exact) mass is 244 g/mol. The van der Waals surface area contributed by atoms with Gasteiger partial charge >= 0.3 is 17.1 Å². The minimum atomic E-state index is -0.264. The van der Waals surface area contributed by atoms with Gasteiger partial charge < -0.3 is 5.11 Å². The Kier molecular flexibility index (Phi) is 8.02. The molecule has 0 aliphatic heterocycles. The summed E-state index contributed by atoms with van der Waals surface area (Å²) in [6, 6.07) is 17.8. The van der Waals surface area contributed by atoms with Gasteiger partial charge in [0.05, 0.1) is 6.10 Å². The number of aliphatic hydroxyl groups is 1. The van der Waals surface area contributed by atoms with Crippen LogP contribution in [0.25, 0.3) is 0 Å². The maximum Gasteiger partial charge on any atom is 2.00 e. The Bertz CT molecular complexity index is 280. The zero-order chi connectivity index (χ0) is 10.2.